The number of H-pyrrole nitrogens is 1. The van der Waals surface area contributed by atoms with E-state index in [0.29, 0.717) is 12.8 Å². The summed E-state index contributed by atoms with van der Waals surface area (Å²) >= 11 is 0. The van der Waals surface area contributed by atoms with E-state index in [1.54, 1.807) is 0 Å². The van der Waals surface area contributed by atoms with E-state index < -0.39 is 17.5 Å². The molecule has 1 aliphatic heterocycles. The van der Waals surface area contributed by atoms with E-state index in [1.165, 1.54) is 10.8 Å². The maximum absolute atomic E-state index is 11.7. The molecule has 2 heterocycles. The van der Waals surface area contributed by atoms with Gasteiger partial charge in [0.1, 0.15) is 11.8 Å². The highest BCUT2D eigenvalue weighted by molar-refractivity contribution is 5.29. The molecule has 7 heteroatoms. The van der Waals surface area contributed by atoms with Gasteiger partial charge in [0.25, 0.3) is 5.56 Å². The predicted molar refractivity (Wildman–Crippen MR) is 67.5 cm³/mol. The van der Waals surface area contributed by atoms with Gasteiger partial charge in [-0.15, -0.1) is 0 Å². The molecule has 0 aliphatic carbocycles. The van der Waals surface area contributed by atoms with Crippen LogP contribution in [0.2, 0.25) is 0 Å². The van der Waals surface area contributed by atoms with Gasteiger partial charge in [-0.1, -0.05) is 11.8 Å². The summed E-state index contributed by atoms with van der Waals surface area (Å²) in [4.78, 5) is 25.5. The first kappa shape index (κ1) is 13.5. The molecular formula is C12H15N3O4. The van der Waals surface area contributed by atoms with Crippen LogP contribution in [0, 0.1) is 11.8 Å². The second-order valence-corrected chi connectivity index (χ2v) is 4.19. The number of rotatable bonds is 2. The van der Waals surface area contributed by atoms with Gasteiger partial charge in [-0.3, -0.25) is 14.3 Å². The molecule has 4 N–H and O–H groups in total. The van der Waals surface area contributed by atoms with Gasteiger partial charge in [-0.25, -0.2) is 4.79 Å². The maximum Gasteiger partial charge on any atom is 0.330 e. The predicted octanol–water partition coefficient (Wildman–Crippen LogP) is -1.48. The van der Waals surface area contributed by atoms with Gasteiger partial charge in [0.15, 0.2) is 0 Å². The smallest absolute Gasteiger partial charge is 0.330 e. The van der Waals surface area contributed by atoms with Crippen LogP contribution in [0.15, 0.2) is 15.8 Å². The third kappa shape index (κ3) is 2.93. The number of ether oxygens (including phenoxy) is 1. The van der Waals surface area contributed by atoms with Crippen molar-refractivity contribution in [2.75, 3.05) is 13.2 Å². The SMILES string of the molecule is NCC#Cc1cn([C@H]2CC[C@@H](CO)O2)c(=O)[nH]c1=O. The molecule has 2 atom stereocenters. The highest BCUT2D eigenvalue weighted by Crippen LogP contribution is 2.26. The lowest BCUT2D eigenvalue weighted by atomic mass is 10.2. The molecule has 7 nitrogen and oxygen atoms in total. The fourth-order valence-corrected chi connectivity index (χ4v) is 1.96. The number of nitrogens with zero attached hydrogens (tertiary/aromatic N) is 1. The van der Waals surface area contributed by atoms with Crippen molar-refractivity contribution in [1.29, 1.82) is 0 Å². The normalized spacial score (nSPS) is 22.0. The van der Waals surface area contributed by atoms with Crippen molar-refractivity contribution < 1.29 is 9.84 Å². The monoisotopic (exact) mass is 265 g/mol. The van der Waals surface area contributed by atoms with Gasteiger partial charge in [-0.05, 0) is 12.8 Å². The molecule has 102 valence electrons. The first-order valence-electron chi connectivity index (χ1n) is 5.96. The van der Waals surface area contributed by atoms with Gasteiger partial charge in [0.05, 0.1) is 19.3 Å². The zero-order chi connectivity index (χ0) is 13.8. The number of nitrogens with one attached hydrogen (secondary N) is 1. The van der Waals surface area contributed by atoms with Crippen molar-refractivity contribution >= 4 is 0 Å². The summed E-state index contributed by atoms with van der Waals surface area (Å²) in [6, 6.07) is 0. The van der Waals surface area contributed by atoms with E-state index in [1.807, 2.05) is 0 Å². The molecule has 1 aliphatic rings. The Morgan fingerprint density at radius 1 is 1.53 bits per heavy atom. The van der Waals surface area contributed by atoms with E-state index >= 15 is 0 Å². The Kier molecular flexibility index (Phi) is 4.16. The molecular weight excluding hydrogens is 250 g/mol. The minimum atomic E-state index is -0.549. The van der Waals surface area contributed by atoms with Crippen LogP contribution in [-0.2, 0) is 4.74 Å². The van der Waals surface area contributed by atoms with Crippen LogP contribution in [0.25, 0.3) is 0 Å². The first-order valence-corrected chi connectivity index (χ1v) is 5.96. The number of nitrogens with two attached hydrogens (primary N) is 1. The van der Waals surface area contributed by atoms with Crippen LogP contribution in [0.5, 0.6) is 0 Å². The molecule has 1 aromatic heterocycles. The zero-order valence-electron chi connectivity index (χ0n) is 10.3. The third-order valence-electron chi connectivity index (χ3n) is 2.89. The first-order chi connectivity index (χ1) is 9.15. The van der Waals surface area contributed by atoms with E-state index in [4.69, 9.17) is 15.6 Å². The van der Waals surface area contributed by atoms with Crippen molar-refractivity contribution in [3.63, 3.8) is 0 Å². The Morgan fingerprint density at radius 2 is 2.32 bits per heavy atom. The summed E-state index contributed by atoms with van der Waals surface area (Å²) in [6.45, 7) is 0.0412. The van der Waals surface area contributed by atoms with Crippen molar-refractivity contribution in [1.82, 2.24) is 9.55 Å². The zero-order valence-corrected chi connectivity index (χ0v) is 10.3. The standard InChI is InChI=1S/C12H15N3O4/c13-5-1-2-8-6-15(12(18)14-11(8)17)10-4-3-9(7-16)19-10/h6,9-10,16H,3-5,7,13H2,(H,14,17,18)/t9-,10+/m0/s1. The average Bonchev–Trinajstić information content (AvgIpc) is 2.86. The molecule has 0 amide bonds. The Morgan fingerprint density at radius 3 is 2.95 bits per heavy atom. The molecule has 2 rings (SSSR count). The van der Waals surface area contributed by atoms with Crippen LogP contribution in [-0.4, -0.2) is 33.9 Å². The van der Waals surface area contributed by atoms with Crippen LogP contribution >= 0.6 is 0 Å². The lowest BCUT2D eigenvalue weighted by Gasteiger charge is -2.14. The van der Waals surface area contributed by atoms with Gasteiger partial charge >= 0.3 is 5.69 Å². The Balaban J connectivity index is 2.36. The summed E-state index contributed by atoms with van der Waals surface area (Å²) < 4.78 is 6.78. The van der Waals surface area contributed by atoms with E-state index in [2.05, 4.69) is 16.8 Å². The largest absolute Gasteiger partial charge is 0.394 e. The van der Waals surface area contributed by atoms with E-state index in [-0.39, 0.29) is 24.8 Å². The van der Waals surface area contributed by atoms with E-state index in [9.17, 15) is 9.59 Å². The molecule has 19 heavy (non-hydrogen) atoms. The molecule has 0 unspecified atom stereocenters. The molecule has 0 aromatic carbocycles. The highest BCUT2D eigenvalue weighted by atomic mass is 16.5. The third-order valence-corrected chi connectivity index (χ3v) is 2.89. The minimum Gasteiger partial charge on any atom is -0.394 e. The Bertz CT molecular complexity index is 622. The van der Waals surface area contributed by atoms with Crippen molar-refractivity contribution in [3.8, 4) is 11.8 Å². The summed E-state index contributed by atoms with van der Waals surface area (Å²) in [7, 11) is 0. The summed E-state index contributed by atoms with van der Waals surface area (Å²) in [6.07, 6.45) is 1.87. The van der Waals surface area contributed by atoms with Crippen LogP contribution in [0.4, 0.5) is 0 Å². The molecule has 0 radical (unpaired) electrons. The van der Waals surface area contributed by atoms with Gasteiger partial charge in [0.2, 0.25) is 0 Å². The molecule has 1 aromatic rings. The fourth-order valence-electron chi connectivity index (χ4n) is 1.96. The Hall–Kier alpha value is -1.88. The number of aromatic nitrogens is 2. The maximum atomic E-state index is 11.7. The quantitative estimate of drug-likeness (QED) is 0.565. The average molecular weight is 265 g/mol. The molecule has 1 saturated heterocycles. The second-order valence-electron chi connectivity index (χ2n) is 4.19. The number of aromatic amines is 1. The van der Waals surface area contributed by atoms with Crippen LogP contribution < -0.4 is 17.0 Å². The number of hydrogen-bond acceptors (Lipinski definition) is 5. The number of aliphatic hydroxyl groups is 1. The topological polar surface area (TPSA) is 110 Å². The molecule has 0 spiro atoms. The van der Waals surface area contributed by atoms with Crippen molar-refractivity contribution in [2.45, 2.75) is 25.2 Å². The van der Waals surface area contributed by atoms with Crippen molar-refractivity contribution in [3.05, 3.63) is 32.6 Å². The van der Waals surface area contributed by atoms with Gasteiger partial charge < -0.3 is 15.6 Å². The second kappa shape index (κ2) is 5.84. The van der Waals surface area contributed by atoms with Gasteiger partial charge in [0, 0.05) is 6.20 Å². The highest BCUT2D eigenvalue weighted by Gasteiger charge is 2.26. The summed E-state index contributed by atoms with van der Waals surface area (Å²) in [5, 5.41) is 9.01. The number of hydrogen-bond donors (Lipinski definition) is 3. The summed E-state index contributed by atoms with van der Waals surface area (Å²) in [5.41, 5.74) is 4.32. The molecule has 0 saturated carbocycles. The van der Waals surface area contributed by atoms with Gasteiger partial charge in [-0.2, -0.15) is 0 Å². The minimum absolute atomic E-state index is 0.0888. The van der Waals surface area contributed by atoms with Crippen LogP contribution in [0.1, 0.15) is 24.6 Å². The summed E-state index contributed by atoms with van der Waals surface area (Å²) in [5.74, 6) is 5.17. The molecule has 0 bridgehead atoms. The fraction of sp³-hybridized carbons (Fsp3) is 0.500. The lowest BCUT2D eigenvalue weighted by molar-refractivity contribution is -0.0246. The molecule has 1 fully saturated rings. The Labute approximate surface area is 109 Å². The van der Waals surface area contributed by atoms with E-state index in [0.717, 1.165) is 0 Å². The van der Waals surface area contributed by atoms with Crippen LogP contribution in [0.3, 0.4) is 0 Å². The number of aliphatic hydroxyl groups excluding tert-OH is 1. The lowest BCUT2D eigenvalue weighted by Crippen LogP contribution is -2.33. The van der Waals surface area contributed by atoms with Crippen molar-refractivity contribution in [2.24, 2.45) is 5.73 Å².